The molecule has 8 unspecified atom stereocenters. The van der Waals surface area contributed by atoms with E-state index in [9.17, 15) is 34.5 Å². The Kier molecular flexibility index (Phi) is 4.57. The van der Waals surface area contributed by atoms with Crippen molar-refractivity contribution >= 4 is 24.0 Å². The molecule has 0 bridgehead atoms. The number of aliphatic hydroxyl groups excluding tert-OH is 2. The maximum absolute atomic E-state index is 13.5. The van der Waals surface area contributed by atoms with E-state index >= 15 is 0 Å². The summed E-state index contributed by atoms with van der Waals surface area (Å²) in [4.78, 5) is 49.9. The molecule has 4 rings (SSSR count). The largest absolute Gasteiger partial charge is 0.481 e. The fourth-order valence-electron chi connectivity index (χ4n) is 7.10. The monoisotopic (exact) mass is 420 g/mol. The van der Waals surface area contributed by atoms with E-state index in [-0.39, 0.29) is 30.0 Å². The first kappa shape index (κ1) is 21.2. The fraction of sp³-hybridized carbons (Fsp3) is 0.727. The minimum atomic E-state index is -1.48. The number of ether oxygens (including phenoxy) is 1. The van der Waals surface area contributed by atoms with Gasteiger partial charge >= 0.3 is 5.97 Å². The highest BCUT2D eigenvalue weighted by atomic mass is 16.5. The van der Waals surface area contributed by atoms with Crippen molar-refractivity contribution < 1.29 is 39.2 Å². The van der Waals surface area contributed by atoms with E-state index in [0.717, 1.165) is 0 Å². The number of hydrogen-bond donors (Lipinski definition) is 3. The molecule has 0 aliphatic heterocycles. The van der Waals surface area contributed by atoms with E-state index in [4.69, 9.17) is 4.74 Å². The summed E-state index contributed by atoms with van der Waals surface area (Å²) in [6.45, 7) is 5.44. The van der Waals surface area contributed by atoms with Gasteiger partial charge in [0.1, 0.15) is 6.10 Å². The summed E-state index contributed by atoms with van der Waals surface area (Å²) in [5, 5.41) is 31.7. The van der Waals surface area contributed by atoms with Crippen molar-refractivity contribution in [3.05, 3.63) is 11.1 Å². The predicted octanol–water partition coefficient (Wildman–Crippen LogP) is 1.03. The predicted molar refractivity (Wildman–Crippen MR) is 102 cm³/mol. The van der Waals surface area contributed by atoms with Crippen LogP contribution in [0.4, 0.5) is 0 Å². The molecule has 2 fully saturated rings. The third kappa shape index (κ3) is 2.46. The highest BCUT2D eigenvalue weighted by molar-refractivity contribution is 6.19. The minimum Gasteiger partial charge on any atom is -0.481 e. The first-order chi connectivity index (χ1) is 14.0. The first-order valence-corrected chi connectivity index (χ1v) is 10.5. The first-order valence-electron chi connectivity index (χ1n) is 10.5. The molecule has 0 aromatic rings. The van der Waals surface area contributed by atoms with Crippen molar-refractivity contribution in [2.75, 3.05) is 0 Å². The Balaban J connectivity index is 1.95. The van der Waals surface area contributed by atoms with Crippen LogP contribution in [0.2, 0.25) is 0 Å². The number of rotatable bonds is 4. The lowest BCUT2D eigenvalue weighted by atomic mass is 9.45. The zero-order valence-corrected chi connectivity index (χ0v) is 17.4. The lowest BCUT2D eigenvalue weighted by Gasteiger charge is -2.59. The molecule has 2 saturated carbocycles. The van der Waals surface area contributed by atoms with Crippen LogP contribution in [0.1, 0.15) is 52.9 Å². The van der Waals surface area contributed by atoms with Gasteiger partial charge in [0.2, 0.25) is 0 Å². The lowest BCUT2D eigenvalue weighted by Crippen LogP contribution is -2.63. The molecule has 0 saturated heterocycles. The van der Waals surface area contributed by atoms with Gasteiger partial charge in [0.15, 0.2) is 17.7 Å². The van der Waals surface area contributed by atoms with Crippen LogP contribution < -0.4 is 0 Å². The molecule has 0 aromatic heterocycles. The maximum Gasteiger partial charge on any atom is 0.303 e. The molecule has 0 heterocycles. The molecular formula is C22H28O8. The molecule has 4 aliphatic carbocycles. The number of aliphatic hydroxyl groups is 2. The molecule has 164 valence electrons. The average molecular weight is 420 g/mol. The third-order valence-electron chi connectivity index (χ3n) is 8.43. The van der Waals surface area contributed by atoms with Gasteiger partial charge in [-0.05, 0) is 30.6 Å². The summed E-state index contributed by atoms with van der Waals surface area (Å²) in [5.74, 6) is -2.95. The molecule has 8 nitrogen and oxygen atoms in total. The number of carboxylic acid groups (broad SMARTS) is 1. The van der Waals surface area contributed by atoms with Crippen LogP contribution in [-0.2, 0) is 23.9 Å². The molecule has 0 aromatic carbocycles. The summed E-state index contributed by atoms with van der Waals surface area (Å²) >= 11 is 0. The van der Waals surface area contributed by atoms with E-state index in [2.05, 4.69) is 0 Å². The van der Waals surface area contributed by atoms with Crippen molar-refractivity contribution in [1.82, 2.24) is 0 Å². The molecule has 4 aliphatic rings. The van der Waals surface area contributed by atoms with Crippen LogP contribution in [0.3, 0.4) is 0 Å². The van der Waals surface area contributed by atoms with Crippen LogP contribution in [0.15, 0.2) is 11.1 Å². The Bertz CT molecular complexity index is 876. The topological polar surface area (TPSA) is 138 Å². The Morgan fingerprint density at radius 3 is 2.40 bits per heavy atom. The highest BCUT2D eigenvalue weighted by Gasteiger charge is 2.72. The van der Waals surface area contributed by atoms with Crippen molar-refractivity contribution in [1.29, 1.82) is 0 Å². The van der Waals surface area contributed by atoms with Crippen LogP contribution in [-0.4, -0.2) is 57.6 Å². The van der Waals surface area contributed by atoms with Gasteiger partial charge in [0.05, 0.1) is 17.9 Å². The van der Waals surface area contributed by atoms with Crippen LogP contribution >= 0.6 is 0 Å². The number of hydrogen-bond acceptors (Lipinski definition) is 7. The van der Waals surface area contributed by atoms with E-state index in [1.54, 1.807) is 20.8 Å². The molecule has 1 spiro atoms. The second kappa shape index (κ2) is 6.47. The fourth-order valence-corrected chi connectivity index (χ4v) is 7.10. The summed E-state index contributed by atoms with van der Waals surface area (Å²) in [5.41, 5.74) is -3.00. The summed E-state index contributed by atoms with van der Waals surface area (Å²) in [6, 6.07) is 0. The smallest absolute Gasteiger partial charge is 0.303 e. The maximum atomic E-state index is 13.5. The highest BCUT2D eigenvalue weighted by Crippen LogP contribution is 2.67. The Morgan fingerprint density at radius 1 is 1.23 bits per heavy atom. The van der Waals surface area contributed by atoms with Gasteiger partial charge in [0.25, 0.3) is 6.47 Å². The number of fused-ring (bicyclic) bond motifs is 2. The SMILES string of the molecule is CC1CC12C(=O)C1=C(C(=O)C2O)C2(C)CCCC(C)(CC(=O)O)C2C(O)C1OC=O. The Labute approximate surface area is 174 Å². The van der Waals surface area contributed by atoms with Gasteiger partial charge in [-0.15, -0.1) is 0 Å². The number of Topliss-reactive ketones (excluding diaryl/α,β-unsaturated/α-hetero) is 2. The van der Waals surface area contributed by atoms with Gasteiger partial charge in [-0.25, -0.2) is 0 Å². The molecular weight excluding hydrogens is 392 g/mol. The minimum absolute atomic E-state index is 0.00687. The number of carbonyl (C=O) groups excluding carboxylic acids is 3. The van der Waals surface area contributed by atoms with E-state index in [0.29, 0.717) is 25.7 Å². The van der Waals surface area contributed by atoms with Gasteiger partial charge < -0.3 is 20.1 Å². The Morgan fingerprint density at radius 2 is 1.87 bits per heavy atom. The molecule has 0 amide bonds. The summed E-state index contributed by atoms with van der Waals surface area (Å²) in [7, 11) is 0. The van der Waals surface area contributed by atoms with Gasteiger partial charge in [-0.3, -0.25) is 19.2 Å². The van der Waals surface area contributed by atoms with E-state index in [1.165, 1.54) is 0 Å². The molecule has 3 N–H and O–H groups in total. The molecule has 0 radical (unpaired) electrons. The summed E-state index contributed by atoms with van der Waals surface area (Å²) < 4.78 is 5.18. The van der Waals surface area contributed by atoms with Crippen LogP contribution in [0, 0.1) is 28.1 Å². The van der Waals surface area contributed by atoms with Gasteiger partial charge in [0, 0.05) is 22.5 Å². The average Bonchev–Trinajstić information content (AvgIpc) is 3.31. The molecule has 30 heavy (non-hydrogen) atoms. The Hall–Kier alpha value is -2.06. The lowest BCUT2D eigenvalue weighted by molar-refractivity contribution is -0.170. The zero-order chi connectivity index (χ0) is 22.2. The number of ketones is 2. The summed E-state index contributed by atoms with van der Waals surface area (Å²) in [6.07, 6.45) is -2.45. The van der Waals surface area contributed by atoms with Crippen molar-refractivity contribution in [2.45, 2.75) is 71.2 Å². The number of aliphatic carboxylic acids is 1. The van der Waals surface area contributed by atoms with Gasteiger partial charge in [-0.1, -0.05) is 27.2 Å². The van der Waals surface area contributed by atoms with Crippen molar-refractivity contribution in [3.8, 4) is 0 Å². The normalized spacial score (nSPS) is 47.6. The third-order valence-corrected chi connectivity index (χ3v) is 8.43. The standard InChI is InChI=1S/C22H28O8/c1-10-7-22(10)18(28)12-13(14(26)19(22)29)21(3)6-4-5-20(2,8-11(24)25)17(21)15(27)16(12)30-9-23/h9-10,15-17,19,27,29H,4-8H2,1-3H3,(H,24,25). The quantitative estimate of drug-likeness (QED) is 0.573. The molecule has 8 atom stereocenters. The number of carboxylic acids is 1. The zero-order valence-electron chi connectivity index (χ0n) is 17.4. The number of carbonyl (C=O) groups is 4. The van der Waals surface area contributed by atoms with Crippen molar-refractivity contribution in [3.63, 3.8) is 0 Å². The van der Waals surface area contributed by atoms with E-state index in [1.807, 2.05) is 0 Å². The van der Waals surface area contributed by atoms with Crippen LogP contribution in [0.5, 0.6) is 0 Å². The molecule has 8 heteroatoms. The second-order valence-corrected chi connectivity index (χ2v) is 10.1. The van der Waals surface area contributed by atoms with Gasteiger partial charge in [-0.2, -0.15) is 0 Å². The van der Waals surface area contributed by atoms with E-state index < -0.39 is 58.0 Å². The second-order valence-electron chi connectivity index (χ2n) is 10.1. The van der Waals surface area contributed by atoms with Crippen LogP contribution in [0.25, 0.3) is 0 Å². The van der Waals surface area contributed by atoms with Crippen molar-refractivity contribution in [2.24, 2.45) is 28.1 Å².